The summed E-state index contributed by atoms with van der Waals surface area (Å²) in [6.07, 6.45) is 1.82. The van der Waals surface area contributed by atoms with Gasteiger partial charge in [0.05, 0.1) is 0 Å². The summed E-state index contributed by atoms with van der Waals surface area (Å²) in [6.45, 7) is 0. The first-order valence-corrected chi connectivity index (χ1v) is 9.52. The van der Waals surface area contributed by atoms with Gasteiger partial charge in [-0.1, -0.05) is 72.8 Å². The van der Waals surface area contributed by atoms with Gasteiger partial charge in [0, 0.05) is 5.56 Å². The number of rotatable bonds is 2. The maximum absolute atomic E-state index is 12.4. The van der Waals surface area contributed by atoms with Crippen molar-refractivity contribution in [3.63, 3.8) is 0 Å². The van der Waals surface area contributed by atoms with Gasteiger partial charge in [0.1, 0.15) is 0 Å². The van der Waals surface area contributed by atoms with Gasteiger partial charge >= 0.3 is 5.97 Å². The maximum Gasteiger partial charge on any atom is 0.363 e. The predicted octanol–water partition coefficient (Wildman–Crippen LogP) is 5.93. The minimum atomic E-state index is -0.422. The monoisotopic (exact) mass is 373 g/mol. The summed E-state index contributed by atoms with van der Waals surface area (Å²) in [5.41, 5.74) is 2.07. The van der Waals surface area contributed by atoms with E-state index in [0.29, 0.717) is 11.6 Å². The molecule has 1 aliphatic rings. The lowest BCUT2D eigenvalue weighted by Crippen LogP contribution is -2.04. The number of esters is 1. The highest BCUT2D eigenvalue weighted by molar-refractivity contribution is 6.24. The molecule has 0 atom stereocenters. The van der Waals surface area contributed by atoms with Gasteiger partial charge in [0.25, 0.3) is 0 Å². The smallest absolute Gasteiger partial charge is 0.363 e. The Morgan fingerprint density at radius 2 is 1.38 bits per heavy atom. The van der Waals surface area contributed by atoms with Crippen LogP contribution in [0.5, 0.6) is 0 Å². The third kappa shape index (κ3) is 2.44. The van der Waals surface area contributed by atoms with Gasteiger partial charge in [0.15, 0.2) is 5.70 Å². The van der Waals surface area contributed by atoms with E-state index in [1.165, 1.54) is 26.9 Å². The molecule has 0 aromatic heterocycles. The molecule has 0 fully saturated rings. The SMILES string of the molecule is O=C1OC(c2ccccc2)=N/C1=C\c1ccc2ccc3cccc4ccc1c2c34. The minimum absolute atomic E-state index is 0.318. The first kappa shape index (κ1) is 16.0. The summed E-state index contributed by atoms with van der Waals surface area (Å²) < 4.78 is 5.40. The van der Waals surface area contributed by atoms with Crippen LogP contribution in [-0.4, -0.2) is 11.9 Å². The second-order valence-corrected chi connectivity index (χ2v) is 7.21. The molecule has 0 unspecified atom stereocenters. The molecule has 3 heteroatoms. The fourth-order valence-electron chi connectivity index (χ4n) is 4.14. The van der Waals surface area contributed by atoms with Crippen molar-refractivity contribution in [2.45, 2.75) is 0 Å². The van der Waals surface area contributed by atoms with Crippen molar-refractivity contribution in [3.05, 3.63) is 102 Å². The van der Waals surface area contributed by atoms with Crippen LogP contribution in [0.25, 0.3) is 38.4 Å². The van der Waals surface area contributed by atoms with E-state index in [0.717, 1.165) is 16.5 Å². The fraction of sp³-hybridized carbons (Fsp3) is 0. The molecule has 0 spiro atoms. The van der Waals surface area contributed by atoms with E-state index in [2.05, 4.69) is 53.5 Å². The zero-order chi connectivity index (χ0) is 19.4. The molecular formula is C26H15NO2. The highest BCUT2D eigenvalue weighted by Crippen LogP contribution is 2.36. The molecule has 3 nitrogen and oxygen atoms in total. The normalized spacial score (nSPS) is 15.5. The molecule has 0 N–H and O–H groups in total. The van der Waals surface area contributed by atoms with Crippen molar-refractivity contribution >= 4 is 50.3 Å². The van der Waals surface area contributed by atoms with E-state index >= 15 is 0 Å². The van der Waals surface area contributed by atoms with Gasteiger partial charge in [-0.15, -0.1) is 0 Å². The Hall–Kier alpha value is -3.98. The summed E-state index contributed by atoms with van der Waals surface area (Å²) in [7, 11) is 0. The second kappa shape index (κ2) is 6.01. The number of carbonyl (C=O) groups excluding carboxylic acids is 1. The number of aliphatic imine (C=N–C) groups is 1. The molecular weight excluding hydrogens is 358 g/mol. The Morgan fingerprint density at radius 3 is 2.17 bits per heavy atom. The quantitative estimate of drug-likeness (QED) is 0.219. The number of cyclic esters (lactones) is 1. The third-order valence-electron chi connectivity index (χ3n) is 5.50. The first-order chi connectivity index (χ1) is 14.3. The van der Waals surface area contributed by atoms with Crippen LogP contribution in [0.2, 0.25) is 0 Å². The molecule has 0 amide bonds. The Bertz CT molecular complexity index is 1460. The van der Waals surface area contributed by atoms with Gasteiger partial charge in [0.2, 0.25) is 5.90 Å². The van der Waals surface area contributed by atoms with Crippen molar-refractivity contribution in [3.8, 4) is 0 Å². The minimum Gasteiger partial charge on any atom is -0.402 e. The van der Waals surface area contributed by atoms with Crippen LogP contribution in [0.3, 0.4) is 0 Å². The fourth-order valence-corrected chi connectivity index (χ4v) is 4.14. The Kier molecular flexibility index (Phi) is 3.32. The Balaban J connectivity index is 1.56. The molecule has 29 heavy (non-hydrogen) atoms. The highest BCUT2D eigenvalue weighted by Gasteiger charge is 2.24. The highest BCUT2D eigenvalue weighted by atomic mass is 16.6. The molecule has 0 aliphatic carbocycles. The molecule has 0 radical (unpaired) electrons. The van der Waals surface area contributed by atoms with E-state index < -0.39 is 5.97 Å². The average Bonchev–Trinajstić information content (AvgIpc) is 3.14. The molecule has 1 heterocycles. The van der Waals surface area contributed by atoms with Crippen molar-refractivity contribution < 1.29 is 9.53 Å². The maximum atomic E-state index is 12.4. The third-order valence-corrected chi connectivity index (χ3v) is 5.50. The lowest BCUT2D eigenvalue weighted by atomic mass is 9.92. The van der Waals surface area contributed by atoms with E-state index in [1.807, 2.05) is 42.5 Å². The Morgan fingerprint density at radius 1 is 0.690 bits per heavy atom. The lowest BCUT2D eigenvalue weighted by Gasteiger charge is -2.12. The number of hydrogen-bond acceptors (Lipinski definition) is 3. The summed E-state index contributed by atoms with van der Waals surface area (Å²) in [5, 5.41) is 7.20. The van der Waals surface area contributed by atoms with Crippen LogP contribution >= 0.6 is 0 Å². The first-order valence-electron chi connectivity index (χ1n) is 9.52. The molecule has 0 saturated carbocycles. The van der Waals surface area contributed by atoms with E-state index in [-0.39, 0.29) is 0 Å². The lowest BCUT2D eigenvalue weighted by molar-refractivity contribution is -0.129. The van der Waals surface area contributed by atoms with Crippen LogP contribution in [0.4, 0.5) is 0 Å². The van der Waals surface area contributed by atoms with Crippen LogP contribution in [0.15, 0.2) is 95.6 Å². The zero-order valence-corrected chi connectivity index (χ0v) is 15.4. The molecule has 1 aliphatic heterocycles. The number of hydrogen-bond donors (Lipinski definition) is 0. The van der Waals surface area contributed by atoms with Crippen molar-refractivity contribution in [1.29, 1.82) is 0 Å². The molecule has 5 aromatic rings. The second-order valence-electron chi connectivity index (χ2n) is 7.21. The van der Waals surface area contributed by atoms with Crippen molar-refractivity contribution in [1.82, 2.24) is 0 Å². The van der Waals surface area contributed by atoms with Crippen LogP contribution in [0.1, 0.15) is 11.1 Å². The standard InChI is InChI=1S/C26H15NO2/c28-26-22(27-25(29-26)19-5-2-1-3-6-19)15-20-12-11-18-10-9-16-7-4-8-17-13-14-21(20)24(18)23(16)17/h1-15H/b22-15-. The molecule has 5 aromatic carbocycles. The topological polar surface area (TPSA) is 38.7 Å². The van der Waals surface area contributed by atoms with E-state index in [4.69, 9.17) is 4.74 Å². The van der Waals surface area contributed by atoms with Gasteiger partial charge in [-0.3, -0.25) is 0 Å². The molecule has 6 rings (SSSR count). The summed E-state index contributed by atoms with van der Waals surface area (Å²) in [6, 6.07) is 28.5. The summed E-state index contributed by atoms with van der Waals surface area (Å²) in [5.74, 6) is -0.0749. The predicted molar refractivity (Wildman–Crippen MR) is 117 cm³/mol. The number of ether oxygens (including phenoxy) is 1. The van der Waals surface area contributed by atoms with Gasteiger partial charge in [-0.05, 0) is 56.1 Å². The van der Waals surface area contributed by atoms with Crippen molar-refractivity contribution in [2.75, 3.05) is 0 Å². The van der Waals surface area contributed by atoms with Gasteiger partial charge in [-0.25, -0.2) is 9.79 Å². The summed E-state index contributed by atoms with van der Waals surface area (Å²) in [4.78, 5) is 16.9. The number of carbonyl (C=O) groups is 1. The zero-order valence-electron chi connectivity index (χ0n) is 15.4. The van der Waals surface area contributed by atoms with Crippen molar-refractivity contribution in [2.24, 2.45) is 4.99 Å². The molecule has 0 saturated heterocycles. The molecule has 136 valence electrons. The van der Waals surface area contributed by atoms with Crippen LogP contribution < -0.4 is 0 Å². The van der Waals surface area contributed by atoms with E-state index in [9.17, 15) is 4.79 Å². The number of nitrogens with zero attached hydrogens (tertiary/aromatic N) is 1. The van der Waals surface area contributed by atoms with Crippen LogP contribution in [0, 0.1) is 0 Å². The number of benzene rings is 5. The van der Waals surface area contributed by atoms with Crippen LogP contribution in [-0.2, 0) is 9.53 Å². The molecule has 0 bridgehead atoms. The largest absolute Gasteiger partial charge is 0.402 e. The Labute approximate surface area is 166 Å². The van der Waals surface area contributed by atoms with Gasteiger partial charge < -0.3 is 4.74 Å². The van der Waals surface area contributed by atoms with E-state index in [1.54, 1.807) is 0 Å². The average molecular weight is 373 g/mol. The summed E-state index contributed by atoms with van der Waals surface area (Å²) >= 11 is 0. The van der Waals surface area contributed by atoms with Gasteiger partial charge in [-0.2, -0.15) is 0 Å².